The Morgan fingerprint density at radius 2 is 1.81 bits per heavy atom. The Labute approximate surface area is 248 Å². The van der Waals surface area contributed by atoms with Gasteiger partial charge in [0.15, 0.2) is 0 Å². The van der Waals surface area contributed by atoms with Gasteiger partial charge < -0.3 is 16.0 Å². The predicted molar refractivity (Wildman–Crippen MR) is 169 cm³/mol. The van der Waals surface area contributed by atoms with Crippen LogP contribution < -0.4 is 11.1 Å². The minimum atomic E-state index is -0.248. The second kappa shape index (κ2) is 13.1. The first-order chi connectivity index (χ1) is 20.3. The Morgan fingerprint density at radius 3 is 2.55 bits per heavy atom. The number of nitrogens with one attached hydrogen (secondary N) is 1. The fourth-order valence-electron chi connectivity index (χ4n) is 5.57. The van der Waals surface area contributed by atoms with Crippen LogP contribution in [-0.4, -0.2) is 52.1 Å². The predicted octanol–water partition coefficient (Wildman–Crippen LogP) is 5.63. The van der Waals surface area contributed by atoms with Crippen LogP contribution in [0.2, 0.25) is 0 Å². The molecule has 8 heteroatoms. The van der Waals surface area contributed by atoms with Crippen molar-refractivity contribution in [3.05, 3.63) is 93.8 Å². The summed E-state index contributed by atoms with van der Waals surface area (Å²) in [6.07, 6.45) is 6.53. The van der Waals surface area contributed by atoms with Gasteiger partial charge in [0.25, 0.3) is 5.91 Å². The highest BCUT2D eigenvalue weighted by Gasteiger charge is 2.22. The molecule has 2 aliphatic rings. The van der Waals surface area contributed by atoms with Gasteiger partial charge in [0.1, 0.15) is 5.84 Å². The molecule has 0 aliphatic carbocycles. The Balaban J connectivity index is 1.30. The topological polar surface area (TPSA) is 104 Å². The van der Waals surface area contributed by atoms with Crippen molar-refractivity contribution < 1.29 is 9.59 Å². The molecular weight excluding hydrogens is 524 g/mol. The van der Waals surface area contributed by atoms with Crippen LogP contribution in [0.1, 0.15) is 71.4 Å². The molecule has 0 spiro atoms. The molecule has 0 bridgehead atoms. The minimum Gasteiger partial charge on any atom is -0.387 e. The highest BCUT2D eigenvalue weighted by atomic mass is 16.2. The van der Waals surface area contributed by atoms with Crippen LogP contribution in [0.4, 0.5) is 11.4 Å². The largest absolute Gasteiger partial charge is 0.387 e. The fourth-order valence-corrected chi connectivity index (χ4v) is 5.57. The van der Waals surface area contributed by atoms with E-state index in [0.29, 0.717) is 41.4 Å². The number of carbonyl (C=O) groups is 2. The van der Waals surface area contributed by atoms with Gasteiger partial charge in [0.2, 0.25) is 5.91 Å². The van der Waals surface area contributed by atoms with E-state index in [1.807, 2.05) is 23.1 Å². The first kappa shape index (κ1) is 29.2. The third-order valence-electron chi connectivity index (χ3n) is 7.71. The number of hydrogen-bond donors (Lipinski definition) is 2. The maximum absolute atomic E-state index is 13.3. The van der Waals surface area contributed by atoms with Gasteiger partial charge in [-0.05, 0) is 55.2 Å². The molecule has 3 aromatic rings. The van der Waals surface area contributed by atoms with Crippen molar-refractivity contribution >= 4 is 35.1 Å². The Kier molecular flexibility index (Phi) is 9.12. The lowest BCUT2D eigenvalue weighted by atomic mass is 10.0. The molecule has 0 unspecified atom stereocenters. The summed E-state index contributed by atoms with van der Waals surface area (Å²) in [7, 11) is 0. The average Bonchev–Trinajstić information content (AvgIpc) is 3.15. The third-order valence-corrected chi connectivity index (χ3v) is 7.71. The second-order valence-electron chi connectivity index (χ2n) is 11.2. The number of aromatic nitrogens is 1. The molecular formula is C34H40N6O2. The normalized spacial score (nSPS) is 14.6. The maximum Gasteiger partial charge on any atom is 0.255 e. The van der Waals surface area contributed by atoms with Crippen molar-refractivity contribution in [2.24, 2.45) is 10.7 Å². The number of amides is 2. The number of hydrogen-bond acceptors (Lipinski definition) is 6. The van der Waals surface area contributed by atoms with E-state index in [2.05, 4.69) is 65.2 Å². The van der Waals surface area contributed by atoms with E-state index in [4.69, 9.17) is 5.73 Å². The standard InChI is InChI=1S/C34H40N6O2/c1-4-13-40(14-5-2)34(42)27-16-25-10-11-26(18-31(25)38-32(35)19-27)33(41)37-29-17-28-22-39(15-12-30(28)36-20-29)21-24-8-6-23(3)7-9-24/h6-11,16-18,20H,4-5,12-15,19,21-22H2,1-3H3,(H2,35,38)(H,37,41). The summed E-state index contributed by atoms with van der Waals surface area (Å²) >= 11 is 0. The summed E-state index contributed by atoms with van der Waals surface area (Å²) in [4.78, 5) is 40.0. The van der Waals surface area contributed by atoms with Gasteiger partial charge in [0.05, 0.1) is 17.6 Å². The quantitative estimate of drug-likeness (QED) is 0.351. The lowest BCUT2D eigenvalue weighted by Crippen LogP contribution is -2.34. The third kappa shape index (κ3) is 6.94. The zero-order chi connectivity index (χ0) is 29.6. The number of rotatable bonds is 9. The Hall–Kier alpha value is -4.30. The molecule has 3 N–H and O–H groups in total. The maximum atomic E-state index is 13.3. The summed E-state index contributed by atoms with van der Waals surface area (Å²) in [5.74, 6) is 0.0963. The molecule has 8 nitrogen and oxygen atoms in total. The number of aliphatic imine (C=N–C) groups is 1. The van der Waals surface area contributed by atoms with E-state index in [9.17, 15) is 9.59 Å². The summed E-state index contributed by atoms with van der Waals surface area (Å²) in [5, 5.41) is 3.01. The molecule has 0 fully saturated rings. The molecule has 2 aliphatic heterocycles. The molecule has 0 atom stereocenters. The van der Waals surface area contributed by atoms with Crippen molar-refractivity contribution in [3.8, 4) is 0 Å². The van der Waals surface area contributed by atoms with Crippen molar-refractivity contribution in [2.45, 2.75) is 59.5 Å². The second-order valence-corrected chi connectivity index (χ2v) is 11.2. The zero-order valence-corrected chi connectivity index (χ0v) is 24.8. The first-order valence-corrected chi connectivity index (χ1v) is 14.9. The summed E-state index contributed by atoms with van der Waals surface area (Å²) in [6, 6.07) is 16.0. The van der Waals surface area contributed by atoms with Crippen LogP contribution in [0.5, 0.6) is 0 Å². The molecule has 2 amide bonds. The van der Waals surface area contributed by atoms with Crippen LogP contribution >= 0.6 is 0 Å². The molecule has 2 aromatic carbocycles. The number of anilines is 1. The van der Waals surface area contributed by atoms with Crippen molar-refractivity contribution in [1.29, 1.82) is 0 Å². The van der Waals surface area contributed by atoms with Crippen LogP contribution in [0.15, 0.2) is 65.3 Å². The molecule has 42 heavy (non-hydrogen) atoms. The molecule has 0 saturated carbocycles. The van der Waals surface area contributed by atoms with E-state index >= 15 is 0 Å². The van der Waals surface area contributed by atoms with Gasteiger partial charge in [-0.15, -0.1) is 0 Å². The van der Waals surface area contributed by atoms with E-state index in [1.54, 1.807) is 18.3 Å². The van der Waals surface area contributed by atoms with Gasteiger partial charge in [0, 0.05) is 68.0 Å². The van der Waals surface area contributed by atoms with E-state index < -0.39 is 0 Å². The van der Waals surface area contributed by atoms with Crippen molar-refractivity contribution in [2.75, 3.05) is 25.0 Å². The lowest BCUT2D eigenvalue weighted by Gasteiger charge is -2.28. The number of amidine groups is 1. The SMILES string of the molecule is CCCN(CCC)C(=O)C1=Cc2ccc(C(=O)Nc3cnc4c(c3)CN(Cc3ccc(C)cc3)CC4)cc2N=C(N)C1. The Bertz CT molecular complexity index is 1520. The zero-order valence-electron chi connectivity index (χ0n) is 24.8. The van der Waals surface area contributed by atoms with Gasteiger partial charge in [-0.3, -0.25) is 19.5 Å². The highest BCUT2D eigenvalue weighted by molar-refractivity contribution is 6.07. The van der Waals surface area contributed by atoms with Gasteiger partial charge >= 0.3 is 0 Å². The monoisotopic (exact) mass is 564 g/mol. The smallest absolute Gasteiger partial charge is 0.255 e. The van der Waals surface area contributed by atoms with Gasteiger partial charge in [-0.2, -0.15) is 0 Å². The van der Waals surface area contributed by atoms with Gasteiger partial charge in [-0.1, -0.05) is 49.7 Å². The van der Waals surface area contributed by atoms with Crippen LogP contribution in [0.3, 0.4) is 0 Å². The van der Waals surface area contributed by atoms with Crippen LogP contribution in [0, 0.1) is 6.92 Å². The van der Waals surface area contributed by atoms with E-state index in [0.717, 1.165) is 55.7 Å². The molecule has 1 aromatic heterocycles. The minimum absolute atomic E-state index is 0.0103. The molecule has 3 heterocycles. The number of fused-ring (bicyclic) bond motifs is 2. The highest BCUT2D eigenvalue weighted by Crippen LogP contribution is 2.29. The first-order valence-electron chi connectivity index (χ1n) is 14.9. The number of pyridine rings is 1. The number of nitrogens with two attached hydrogens (primary N) is 1. The lowest BCUT2D eigenvalue weighted by molar-refractivity contribution is -0.127. The number of benzene rings is 2. The van der Waals surface area contributed by atoms with Crippen LogP contribution in [0.25, 0.3) is 6.08 Å². The molecule has 0 saturated heterocycles. The Morgan fingerprint density at radius 1 is 1.05 bits per heavy atom. The molecule has 218 valence electrons. The molecule has 0 radical (unpaired) electrons. The van der Waals surface area contributed by atoms with E-state index in [-0.39, 0.29) is 18.2 Å². The van der Waals surface area contributed by atoms with Gasteiger partial charge in [-0.25, -0.2) is 4.99 Å². The summed E-state index contributed by atoms with van der Waals surface area (Å²) in [5.41, 5.74) is 14.1. The average molecular weight is 565 g/mol. The van der Waals surface area contributed by atoms with Crippen molar-refractivity contribution in [3.63, 3.8) is 0 Å². The van der Waals surface area contributed by atoms with Crippen LogP contribution in [-0.2, 0) is 24.3 Å². The number of nitrogens with zero attached hydrogens (tertiary/aromatic N) is 4. The fraction of sp³-hybridized carbons (Fsp3) is 0.353. The number of aryl methyl sites for hydroxylation is 1. The van der Waals surface area contributed by atoms with E-state index in [1.165, 1.54) is 11.1 Å². The number of carbonyl (C=O) groups excluding carboxylic acids is 2. The van der Waals surface area contributed by atoms with Crippen molar-refractivity contribution in [1.82, 2.24) is 14.8 Å². The summed E-state index contributed by atoms with van der Waals surface area (Å²) < 4.78 is 0. The summed E-state index contributed by atoms with van der Waals surface area (Å²) in [6.45, 7) is 10.3. The molecule has 5 rings (SSSR count).